The Morgan fingerprint density at radius 3 is 1.78 bits per heavy atom. The SMILES string of the molecule is CN(CC(C)(C)C)C(=O)N(CC(=O)O)C(C)(C)C. The third-order valence-electron chi connectivity index (χ3n) is 2.37. The molecule has 0 saturated carbocycles. The van der Waals surface area contributed by atoms with Crippen LogP contribution in [0.2, 0.25) is 0 Å². The molecule has 0 heterocycles. The molecule has 5 nitrogen and oxygen atoms in total. The average Bonchev–Trinajstić information content (AvgIpc) is 2.08. The lowest BCUT2D eigenvalue weighted by Crippen LogP contribution is -2.53. The van der Waals surface area contributed by atoms with Crippen LogP contribution in [0.4, 0.5) is 4.79 Å². The summed E-state index contributed by atoms with van der Waals surface area (Å²) in [5.41, 5.74) is -0.529. The third kappa shape index (κ3) is 5.89. The fourth-order valence-electron chi connectivity index (χ4n) is 1.71. The molecule has 18 heavy (non-hydrogen) atoms. The highest BCUT2D eigenvalue weighted by atomic mass is 16.4. The van der Waals surface area contributed by atoms with Crippen LogP contribution < -0.4 is 0 Å². The van der Waals surface area contributed by atoms with Crippen LogP contribution in [-0.4, -0.2) is 52.6 Å². The van der Waals surface area contributed by atoms with Gasteiger partial charge in [0.05, 0.1) is 0 Å². The number of amides is 2. The van der Waals surface area contributed by atoms with Crippen molar-refractivity contribution in [3.05, 3.63) is 0 Å². The standard InChI is InChI=1S/C13H26N2O3/c1-12(2,3)9-14(7)11(18)15(8-10(16)17)13(4,5)6/h8-9H2,1-7H3,(H,16,17). The summed E-state index contributed by atoms with van der Waals surface area (Å²) in [6.45, 7) is 11.9. The lowest BCUT2D eigenvalue weighted by atomic mass is 9.96. The van der Waals surface area contributed by atoms with Crippen molar-refractivity contribution < 1.29 is 14.7 Å². The normalized spacial score (nSPS) is 12.2. The first-order valence-electron chi connectivity index (χ1n) is 6.09. The van der Waals surface area contributed by atoms with Crippen LogP contribution in [0.5, 0.6) is 0 Å². The van der Waals surface area contributed by atoms with Gasteiger partial charge in [-0.05, 0) is 26.2 Å². The molecule has 106 valence electrons. The molecule has 5 heteroatoms. The molecule has 0 aliphatic rings. The Morgan fingerprint density at radius 2 is 1.50 bits per heavy atom. The van der Waals surface area contributed by atoms with Crippen LogP contribution in [-0.2, 0) is 4.79 Å². The van der Waals surface area contributed by atoms with Crippen molar-refractivity contribution in [1.29, 1.82) is 0 Å². The summed E-state index contributed by atoms with van der Waals surface area (Å²) < 4.78 is 0. The van der Waals surface area contributed by atoms with Crippen LogP contribution in [0.3, 0.4) is 0 Å². The van der Waals surface area contributed by atoms with Gasteiger partial charge in [-0.2, -0.15) is 0 Å². The van der Waals surface area contributed by atoms with E-state index >= 15 is 0 Å². The molecular weight excluding hydrogens is 232 g/mol. The van der Waals surface area contributed by atoms with E-state index in [1.54, 1.807) is 11.9 Å². The van der Waals surface area contributed by atoms with Gasteiger partial charge in [0.15, 0.2) is 0 Å². The number of hydrogen-bond acceptors (Lipinski definition) is 2. The fourth-order valence-corrected chi connectivity index (χ4v) is 1.71. The molecule has 0 aliphatic carbocycles. The van der Waals surface area contributed by atoms with Crippen LogP contribution in [0.1, 0.15) is 41.5 Å². The van der Waals surface area contributed by atoms with Gasteiger partial charge in [0.25, 0.3) is 0 Å². The van der Waals surface area contributed by atoms with Gasteiger partial charge in [-0.25, -0.2) is 4.79 Å². The van der Waals surface area contributed by atoms with Crippen molar-refractivity contribution in [3.8, 4) is 0 Å². The maximum Gasteiger partial charge on any atom is 0.323 e. The second-order valence-electron chi connectivity index (χ2n) is 6.85. The molecule has 1 N–H and O–H groups in total. The van der Waals surface area contributed by atoms with Crippen molar-refractivity contribution >= 4 is 12.0 Å². The predicted octanol–water partition coefficient (Wildman–Crippen LogP) is 2.27. The Morgan fingerprint density at radius 1 is 1.06 bits per heavy atom. The summed E-state index contributed by atoms with van der Waals surface area (Å²) in [5, 5.41) is 8.90. The van der Waals surface area contributed by atoms with E-state index < -0.39 is 11.5 Å². The molecule has 0 fully saturated rings. The fraction of sp³-hybridized carbons (Fsp3) is 0.846. The second-order valence-corrected chi connectivity index (χ2v) is 6.85. The number of urea groups is 1. The second kappa shape index (κ2) is 5.59. The van der Waals surface area contributed by atoms with E-state index in [9.17, 15) is 9.59 Å². The van der Waals surface area contributed by atoms with E-state index in [1.807, 2.05) is 41.5 Å². The van der Waals surface area contributed by atoms with Gasteiger partial charge in [0.1, 0.15) is 6.54 Å². The van der Waals surface area contributed by atoms with Gasteiger partial charge in [0, 0.05) is 19.1 Å². The number of carboxylic acid groups (broad SMARTS) is 1. The molecule has 0 atom stereocenters. The average molecular weight is 258 g/mol. The van der Waals surface area contributed by atoms with Crippen molar-refractivity contribution in [2.45, 2.75) is 47.1 Å². The molecule has 0 aromatic carbocycles. The molecule has 0 aromatic heterocycles. The number of rotatable bonds is 3. The Balaban J connectivity index is 4.92. The van der Waals surface area contributed by atoms with E-state index in [0.717, 1.165) is 0 Å². The largest absolute Gasteiger partial charge is 0.480 e. The van der Waals surface area contributed by atoms with Crippen molar-refractivity contribution in [3.63, 3.8) is 0 Å². The molecule has 0 radical (unpaired) electrons. The number of carboxylic acids is 1. The van der Waals surface area contributed by atoms with Crippen LogP contribution >= 0.6 is 0 Å². The zero-order valence-electron chi connectivity index (χ0n) is 12.6. The maximum absolute atomic E-state index is 12.3. The first-order valence-corrected chi connectivity index (χ1v) is 6.09. The minimum atomic E-state index is -0.998. The summed E-state index contributed by atoms with van der Waals surface area (Å²) in [6.07, 6.45) is 0. The molecule has 0 aromatic rings. The highest BCUT2D eigenvalue weighted by Crippen LogP contribution is 2.19. The topological polar surface area (TPSA) is 60.9 Å². The minimum absolute atomic E-state index is 0.0167. The highest BCUT2D eigenvalue weighted by molar-refractivity contribution is 5.80. The van der Waals surface area contributed by atoms with E-state index in [1.165, 1.54) is 4.90 Å². The van der Waals surface area contributed by atoms with Crippen LogP contribution in [0.15, 0.2) is 0 Å². The Kier molecular flexibility index (Phi) is 5.20. The third-order valence-corrected chi connectivity index (χ3v) is 2.37. The van der Waals surface area contributed by atoms with E-state index in [4.69, 9.17) is 5.11 Å². The Hall–Kier alpha value is -1.26. The number of carbonyl (C=O) groups excluding carboxylic acids is 1. The summed E-state index contributed by atoms with van der Waals surface area (Å²) in [6, 6.07) is -0.250. The molecule has 0 rings (SSSR count). The quantitative estimate of drug-likeness (QED) is 0.844. The molecule has 0 saturated heterocycles. The van der Waals surface area contributed by atoms with Crippen LogP contribution in [0, 0.1) is 5.41 Å². The summed E-state index contributed by atoms with van der Waals surface area (Å²) in [4.78, 5) is 26.1. The lowest BCUT2D eigenvalue weighted by Gasteiger charge is -2.38. The smallest absolute Gasteiger partial charge is 0.323 e. The number of aliphatic carboxylic acids is 1. The maximum atomic E-state index is 12.3. The van der Waals surface area contributed by atoms with E-state index in [2.05, 4.69) is 0 Å². The van der Waals surface area contributed by atoms with Crippen LogP contribution in [0.25, 0.3) is 0 Å². The lowest BCUT2D eigenvalue weighted by molar-refractivity contribution is -0.138. The molecule has 0 aliphatic heterocycles. The first-order chi connectivity index (χ1) is 7.84. The van der Waals surface area contributed by atoms with Crippen molar-refractivity contribution in [1.82, 2.24) is 9.80 Å². The molecule has 0 spiro atoms. The first kappa shape index (κ1) is 16.7. The zero-order chi connectivity index (χ0) is 14.7. The summed E-state index contributed by atoms with van der Waals surface area (Å²) >= 11 is 0. The molecule has 0 bridgehead atoms. The number of hydrogen-bond donors (Lipinski definition) is 1. The van der Waals surface area contributed by atoms with Gasteiger partial charge in [-0.3, -0.25) is 4.79 Å². The number of nitrogens with zero attached hydrogens (tertiary/aromatic N) is 2. The molecular formula is C13H26N2O3. The summed E-state index contributed by atoms with van der Waals surface area (Å²) in [7, 11) is 1.70. The highest BCUT2D eigenvalue weighted by Gasteiger charge is 2.31. The number of carbonyl (C=O) groups is 2. The van der Waals surface area contributed by atoms with Crippen molar-refractivity contribution in [2.75, 3.05) is 20.1 Å². The monoisotopic (exact) mass is 258 g/mol. The molecule has 0 unspecified atom stereocenters. The van der Waals surface area contributed by atoms with Gasteiger partial charge < -0.3 is 14.9 Å². The van der Waals surface area contributed by atoms with Gasteiger partial charge >= 0.3 is 12.0 Å². The molecule has 2 amide bonds. The predicted molar refractivity (Wildman–Crippen MR) is 71.6 cm³/mol. The zero-order valence-corrected chi connectivity index (χ0v) is 12.6. The van der Waals surface area contributed by atoms with Gasteiger partial charge in [-0.15, -0.1) is 0 Å². The Bertz CT molecular complexity index is 313. The van der Waals surface area contributed by atoms with Crippen molar-refractivity contribution in [2.24, 2.45) is 5.41 Å². The minimum Gasteiger partial charge on any atom is -0.480 e. The van der Waals surface area contributed by atoms with Gasteiger partial charge in [0.2, 0.25) is 0 Å². The van der Waals surface area contributed by atoms with E-state index in [-0.39, 0.29) is 18.0 Å². The summed E-state index contributed by atoms with van der Waals surface area (Å²) in [5.74, 6) is -0.998. The van der Waals surface area contributed by atoms with Gasteiger partial charge in [-0.1, -0.05) is 20.8 Å². The Labute approximate surface area is 110 Å². The van der Waals surface area contributed by atoms with E-state index in [0.29, 0.717) is 6.54 Å².